The number of hydrogen-bond acceptors (Lipinski definition) is 6. The lowest BCUT2D eigenvalue weighted by Gasteiger charge is -2.32. The average molecular weight is 587 g/mol. The SMILES string of the molecule is CN1CCN(Cc2c(F)c(NC(=O)C(C)(C)C)c3c(=O)cc(-c4ccc(NC(=O)C(C)(C)C)c(F)c4)oc3c2F)CC1. The number of fused-ring (bicyclic) bond motifs is 1. The number of nitrogens with one attached hydrogen (secondary N) is 2. The van der Waals surface area contributed by atoms with Crippen LogP contribution in [0.5, 0.6) is 0 Å². The van der Waals surface area contributed by atoms with Gasteiger partial charge in [-0.05, 0) is 25.2 Å². The summed E-state index contributed by atoms with van der Waals surface area (Å²) in [6.07, 6.45) is 0. The lowest BCUT2D eigenvalue weighted by molar-refractivity contribution is -0.123. The topological polar surface area (TPSA) is 94.9 Å². The van der Waals surface area contributed by atoms with Crippen molar-refractivity contribution in [1.29, 1.82) is 0 Å². The van der Waals surface area contributed by atoms with E-state index >= 15 is 8.78 Å². The Bertz CT molecular complexity index is 1600. The Labute approximate surface area is 242 Å². The summed E-state index contributed by atoms with van der Waals surface area (Å²) in [5.74, 6) is -4.03. The Morgan fingerprint density at radius 1 is 0.881 bits per heavy atom. The van der Waals surface area contributed by atoms with Crippen LogP contribution in [-0.4, -0.2) is 54.8 Å². The molecule has 1 aromatic heterocycles. The second-order valence-electron chi connectivity index (χ2n) is 12.8. The van der Waals surface area contributed by atoms with Crippen molar-refractivity contribution in [2.75, 3.05) is 43.9 Å². The Morgan fingerprint density at radius 3 is 2.05 bits per heavy atom. The maximum absolute atomic E-state index is 16.0. The molecule has 2 N–H and O–H groups in total. The lowest BCUT2D eigenvalue weighted by Crippen LogP contribution is -2.44. The van der Waals surface area contributed by atoms with Crippen LogP contribution >= 0.6 is 0 Å². The van der Waals surface area contributed by atoms with Gasteiger partial charge in [-0.15, -0.1) is 0 Å². The second kappa shape index (κ2) is 11.5. The normalized spacial score (nSPS) is 15.2. The number of amides is 2. The Morgan fingerprint density at radius 2 is 1.48 bits per heavy atom. The summed E-state index contributed by atoms with van der Waals surface area (Å²) in [5.41, 5.74) is -3.83. The first-order valence-corrected chi connectivity index (χ1v) is 13.8. The molecule has 0 saturated carbocycles. The molecule has 1 aliphatic heterocycles. The predicted octanol–water partition coefficient (Wildman–Crippen LogP) is 5.59. The summed E-state index contributed by atoms with van der Waals surface area (Å²) in [6, 6.07) is 4.78. The third-order valence-corrected chi connectivity index (χ3v) is 7.23. The number of carbonyl (C=O) groups is 2. The summed E-state index contributed by atoms with van der Waals surface area (Å²) >= 11 is 0. The van der Waals surface area contributed by atoms with E-state index in [1.54, 1.807) is 41.5 Å². The molecular formula is C31H37F3N4O4. The second-order valence-corrected chi connectivity index (χ2v) is 12.8. The Hall–Kier alpha value is -3.70. The van der Waals surface area contributed by atoms with Gasteiger partial charge >= 0.3 is 0 Å². The molecule has 0 aliphatic carbocycles. The third-order valence-electron chi connectivity index (χ3n) is 7.23. The van der Waals surface area contributed by atoms with E-state index in [1.165, 1.54) is 12.1 Å². The first kappa shape index (κ1) is 31.2. The summed E-state index contributed by atoms with van der Waals surface area (Å²) < 4.78 is 52.8. The number of halogens is 3. The zero-order valence-corrected chi connectivity index (χ0v) is 25.0. The molecule has 42 heavy (non-hydrogen) atoms. The van der Waals surface area contributed by atoms with Gasteiger partial charge in [0, 0.05) is 60.7 Å². The van der Waals surface area contributed by atoms with E-state index < -0.39 is 62.2 Å². The van der Waals surface area contributed by atoms with Gasteiger partial charge in [0.05, 0.1) is 16.8 Å². The number of hydrogen-bond donors (Lipinski definition) is 2. The van der Waals surface area contributed by atoms with E-state index in [-0.39, 0.29) is 29.1 Å². The van der Waals surface area contributed by atoms with Gasteiger partial charge in [-0.2, -0.15) is 0 Å². The van der Waals surface area contributed by atoms with Crippen LogP contribution in [0, 0.1) is 28.3 Å². The average Bonchev–Trinajstić information content (AvgIpc) is 2.89. The van der Waals surface area contributed by atoms with Gasteiger partial charge in [0.2, 0.25) is 11.8 Å². The summed E-state index contributed by atoms with van der Waals surface area (Å²) in [4.78, 5) is 42.5. The highest BCUT2D eigenvalue weighted by Crippen LogP contribution is 2.35. The highest BCUT2D eigenvalue weighted by atomic mass is 19.1. The molecule has 0 bridgehead atoms. The molecule has 0 atom stereocenters. The van der Waals surface area contributed by atoms with Crippen LogP contribution in [-0.2, 0) is 16.1 Å². The van der Waals surface area contributed by atoms with E-state index in [4.69, 9.17) is 4.42 Å². The van der Waals surface area contributed by atoms with Crippen LogP contribution in [0.2, 0.25) is 0 Å². The smallest absolute Gasteiger partial charge is 0.229 e. The fourth-order valence-corrected chi connectivity index (χ4v) is 4.39. The molecule has 2 aromatic carbocycles. The minimum Gasteiger partial charge on any atom is -0.453 e. The molecule has 0 spiro atoms. The number of rotatable bonds is 5. The zero-order valence-electron chi connectivity index (χ0n) is 25.0. The highest BCUT2D eigenvalue weighted by molar-refractivity contribution is 6.03. The number of carbonyl (C=O) groups excluding carboxylic acids is 2. The fraction of sp³-hybridized carbons (Fsp3) is 0.452. The first-order chi connectivity index (χ1) is 19.5. The van der Waals surface area contributed by atoms with Crippen molar-refractivity contribution in [2.45, 2.75) is 48.1 Å². The van der Waals surface area contributed by atoms with Crippen molar-refractivity contribution >= 4 is 34.2 Å². The van der Waals surface area contributed by atoms with Gasteiger partial charge in [-0.3, -0.25) is 19.3 Å². The van der Waals surface area contributed by atoms with Gasteiger partial charge in [0.1, 0.15) is 11.6 Å². The van der Waals surface area contributed by atoms with E-state index in [0.717, 1.165) is 12.1 Å². The summed E-state index contributed by atoms with van der Waals surface area (Å²) in [5, 5.41) is 4.54. The number of anilines is 2. The van der Waals surface area contributed by atoms with Crippen LogP contribution in [0.4, 0.5) is 24.5 Å². The van der Waals surface area contributed by atoms with Crippen molar-refractivity contribution in [2.24, 2.45) is 10.8 Å². The van der Waals surface area contributed by atoms with E-state index in [0.29, 0.717) is 26.2 Å². The molecule has 2 amide bonds. The molecular weight excluding hydrogens is 549 g/mol. The van der Waals surface area contributed by atoms with E-state index in [2.05, 4.69) is 15.5 Å². The molecule has 0 radical (unpaired) electrons. The lowest BCUT2D eigenvalue weighted by atomic mass is 9.95. The zero-order chi connectivity index (χ0) is 31.1. The minimum absolute atomic E-state index is 0.0725. The quantitative estimate of drug-likeness (QED) is 0.405. The standard InChI is InChI=1S/C31H37F3N4O4/c1-30(2,3)28(40)35-20-9-8-17(14-19(20)32)22-15-21(39)23-26(36-29(41)31(4,5)6)24(33)18(25(34)27(23)42-22)16-38-12-10-37(7)11-13-38/h8-9,14-15H,10-13,16H2,1-7H3,(H,35,40)(H,36,41). The molecule has 226 valence electrons. The Kier molecular flexibility index (Phi) is 8.57. The minimum atomic E-state index is -1.07. The van der Waals surface area contributed by atoms with Crippen LogP contribution in [0.3, 0.4) is 0 Å². The fourth-order valence-electron chi connectivity index (χ4n) is 4.39. The molecule has 8 nitrogen and oxygen atoms in total. The summed E-state index contributed by atoms with van der Waals surface area (Å²) in [6.45, 7) is 12.4. The molecule has 11 heteroatoms. The monoisotopic (exact) mass is 586 g/mol. The van der Waals surface area contributed by atoms with Crippen molar-refractivity contribution in [3.63, 3.8) is 0 Å². The van der Waals surface area contributed by atoms with Crippen LogP contribution in [0.25, 0.3) is 22.3 Å². The van der Waals surface area contributed by atoms with Gasteiger partial charge in [-0.1, -0.05) is 41.5 Å². The van der Waals surface area contributed by atoms with Crippen LogP contribution in [0.15, 0.2) is 33.5 Å². The molecule has 0 unspecified atom stereocenters. The van der Waals surface area contributed by atoms with Crippen molar-refractivity contribution in [3.8, 4) is 11.3 Å². The molecule has 2 heterocycles. The van der Waals surface area contributed by atoms with Gasteiger partial charge in [0.15, 0.2) is 22.6 Å². The maximum Gasteiger partial charge on any atom is 0.229 e. The Balaban J connectivity index is 1.85. The molecule has 4 rings (SSSR count). The summed E-state index contributed by atoms with van der Waals surface area (Å²) in [7, 11) is 1.96. The van der Waals surface area contributed by atoms with Crippen molar-refractivity contribution in [1.82, 2.24) is 9.80 Å². The maximum atomic E-state index is 16.0. The molecule has 1 saturated heterocycles. The third kappa shape index (κ3) is 6.52. The van der Waals surface area contributed by atoms with E-state index in [9.17, 15) is 18.8 Å². The number of benzene rings is 2. The van der Waals surface area contributed by atoms with Crippen molar-refractivity contribution in [3.05, 3.63) is 57.5 Å². The number of piperazine rings is 1. The van der Waals surface area contributed by atoms with Crippen LogP contribution in [0.1, 0.15) is 47.1 Å². The molecule has 3 aromatic rings. The predicted molar refractivity (Wildman–Crippen MR) is 157 cm³/mol. The first-order valence-electron chi connectivity index (χ1n) is 13.8. The highest BCUT2D eigenvalue weighted by Gasteiger charge is 2.30. The van der Waals surface area contributed by atoms with Gasteiger partial charge < -0.3 is 20.0 Å². The number of likely N-dealkylation sites (N-methyl/N-ethyl adjacent to an activating group) is 1. The van der Waals surface area contributed by atoms with E-state index in [1.807, 2.05) is 11.9 Å². The van der Waals surface area contributed by atoms with Gasteiger partial charge in [-0.25, -0.2) is 13.2 Å². The van der Waals surface area contributed by atoms with Crippen LogP contribution < -0.4 is 16.1 Å². The number of nitrogens with zero attached hydrogens (tertiary/aromatic N) is 2. The molecule has 1 fully saturated rings. The molecule has 1 aliphatic rings. The van der Waals surface area contributed by atoms with Crippen molar-refractivity contribution < 1.29 is 27.2 Å². The largest absolute Gasteiger partial charge is 0.453 e. The van der Waals surface area contributed by atoms with Gasteiger partial charge in [0.25, 0.3) is 0 Å².